The Morgan fingerprint density at radius 2 is 1.50 bits per heavy atom. The molecule has 0 unspecified atom stereocenters. The summed E-state index contributed by atoms with van der Waals surface area (Å²) in [6, 6.07) is 0. The van der Waals surface area contributed by atoms with Crippen LogP contribution < -0.4 is 0 Å². The minimum absolute atomic E-state index is 2.44. The maximum absolute atomic E-state index is 7.71. The van der Waals surface area contributed by atoms with E-state index in [2.05, 4.69) is 11.7 Å². The van der Waals surface area contributed by atoms with Crippen LogP contribution >= 0.6 is 0 Å². The van der Waals surface area contributed by atoms with Crippen LogP contribution in [0.25, 0.3) is 0 Å². The molecule has 4 heteroatoms. The molecule has 0 heterocycles. The van der Waals surface area contributed by atoms with E-state index in [9.17, 15) is 0 Å². The lowest BCUT2D eigenvalue weighted by Crippen LogP contribution is -2.22. The van der Waals surface area contributed by atoms with Crippen LogP contribution in [-0.4, -0.2) is 28.1 Å². The number of rotatable bonds is 1. The van der Waals surface area contributed by atoms with Crippen molar-refractivity contribution in [3.63, 3.8) is 0 Å². The maximum Gasteiger partial charge on any atom is 0.387 e. The molecule has 6 heavy (non-hydrogen) atoms. The summed E-state index contributed by atoms with van der Waals surface area (Å²) in [7, 11) is 0. The second-order valence-corrected chi connectivity index (χ2v) is 0.758. The van der Waals surface area contributed by atoms with Gasteiger partial charge in [0, 0.05) is 0 Å². The van der Waals surface area contributed by atoms with E-state index in [1.54, 1.807) is 0 Å². The highest BCUT2D eigenvalue weighted by Gasteiger charge is 2.10. The van der Waals surface area contributed by atoms with Gasteiger partial charge in [-0.3, -0.25) is 0 Å². The van der Waals surface area contributed by atoms with Crippen LogP contribution in [0.2, 0.25) is 0 Å². The Morgan fingerprint density at radius 3 is 1.50 bits per heavy atom. The van der Waals surface area contributed by atoms with E-state index in [0.29, 0.717) is 0 Å². The van der Waals surface area contributed by atoms with E-state index < -0.39 is 6.10 Å². The summed E-state index contributed by atoms with van der Waals surface area (Å²) in [5, 5.41) is 23.1. The molecule has 4 nitrogen and oxygen atoms in total. The van der Waals surface area contributed by atoms with Crippen LogP contribution in [0.3, 0.4) is 0 Å². The van der Waals surface area contributed by atoms with E-state index in [0.717, 1.165) is 0 Å². The highest BCUT2D eigenvalue weighted by Crippen LogP contribution is 1.87. The van der Waals surface area contributed by atoms with Gasteiger partial charge in [0.15, 0.2) is 0 Å². The SMILES string of the molecule is C=NC(O)(O)O. The molecule has 0 radical (unpaired) electrons. The zero-order valence-corrected chi connectivity index (χ0v) is 3.00. The first kappa shape index (κ1) is 5.55. The van der Waals surface area contributed by atoms with Gasteiger partial charge >= 0.3 is 6.10 Å². The predicted octanol–water partition coefficient (Wildman–Crippen LogP) is -1.72. The zero-order chi connectivity index (χ0) is 5.21. The van der Waals surface area contributed by atoms with Gasteiger partial charge in [0.2, 0.25) is 0 Å². The highest BCUT2D eigenvalue weighted by molar-refractivity contribution is 5.23. The lowest BCUT2D eigenvalue weighted by Gasteiger charge is -2.02. The molecule has 0 aliphatic rings. The van der Waals surface area contributed by atoms with Crippen molar-refractivity contribution in [1.82, 2.24) is 0 Å². The Balaban J connectivity index is 3.45. The summed E-state index contributed by atoms with van der Waals surface area (Å²) in [4.78, 5) is 2.44. The topological polar surface area (TPSA) is 73.1 Å². The van der Waals surface area contributed by atoms with E-state index in [4.69, 9.17) is 15.3 Å². The largest absolute Gasteiger partial charge is 0.387 e. The molecule has 0 aromatic rings. The first-order valence-corrected chi connectivity index (χ1v) is 1.21. The Bertz CT molecular complexity index is 54.3. The van der Waals surface area contributed by atoms with Crippen LogP contribution in [0, 0.1) is 0 Å². The van der Waals surface area contributed by atoms with Gasteiger partial charge in [0.05, 0.1) is 0 Å². The molecule has 0 aliphatic heterocycles. The minimum Gasteiger partial charge on any atom is -0.324 e. The van der Waals surface area contributed by atoms with Gasteiger partial charge in [-0.25, -0.2) is 4.99 Å². The molecule has 0 fully saturated rings. The van der Waals surface area contributed by atoms with Crippen LogP contribution in [0.5, 0.6) is 0 Å². The molecule has 0 aromatic carbocycles. The third kappa shape index (κ3) is 3.55. The lowest BCUT2D eigenvalue weighted by atomic mass is 11.0. The molecule has 0 spiro atoms. The monoisotopic (exact) mass is 91.0 g/mol. The van der Waals surface area contributed by atoms with Crippen LogP contribution in [-0.2, 0) is 0 Å². The summed E-state index contributed by atoms with van der Waals surface area (Å²) in [6.07, 6.45) is -2.94. The molecular formula is C2H5NO3. The summed E-state index contributed by atoms with van der Waals surface area (Å²) < 4.78 is 0. The minimum atomic E-state index is -2.94. The summed E-state index contributed by atoms with van der Waals surface area (Å²) in [5.74, 6) is 0. The number of hydrogen-bond donors (Lipinski definition) is 3. The maximum atomic E-state index is 7.71. The van der Waals surface area contributed by atoms with Gasteiger partial charge in [0.25, 0.3) is 0 Å². The first-order chi connectivity index (χ1) is 2.56. The third-order valence-electron chi connectivity index (χ3n) is 0.212. The van der Waals surface area contributed by atoms with E-state index in [1.807, 2.05) is 0 Å². The number of nitrogens with zero attached hydrogens (tertiary/aromatic N) is 1. The second kappa shape index (κ2) is 1.34. The fraction of sp³-hybridized carbons (Fsp3) is 0.500. The summed E-state index contributed by atoms with van der Waals surface area (Å²) in [6.45, 7) is 2.63. The molecule has 0 amide bonds. The summed E-state index contributed by atoms with van der Waals surface area (Å²) >= 11 is 0. The molecule has 0 saturated heterocycles. The van der Waals surface area contributed by atoms with E-state index >= 15 is 0 Å². The molecule has 3 N–H and O–H groups in total. The average Bonchev–Trinajstić information content (AvgIpc) is 1.35. The van der Waals surface area contributed by atoms with Crippen LogP contribution in [0.4, 0.5) is 0 Å². The molecule has 36 valence electrons. The Kier molecular flexibility index (Phi) is 1.24. The zero-order valence-electron chi connectivity index (χ0n) is 3.00. The molecule has 0 aliphatic carbocycles. The van der Waals surface area contributed by atoms with E-state index in [-0.39, 0.29) is 0 Å². The van der Waals surface area contributed by atoms with Crippen molar-refractivity contribution in [2.24, 2.45) is 4.99 Å². The molecular weight excluding hydrogens is 86.0 g/mol. The highest BCUT2D eigenvalue weighted by atomic mass is 16.7. The molecule has 0 bridgehead atoms. The van der Waals surface area contributed by atoms with Gasteiger partial charge in [-0.2, -0.15) is 0 Å². The van der Waals surface area contributed by atoms with Gasteiger partial charge in [-0.1, -0.05) is 0 Å². The fourth-order valence-electron chi connectivity index (χ4n) is 0. The molecule has 0 aromatic heterocycles. The smallest absolute Gasteiger partial charge is 0.324 e. The van der Waals surface area contributed by atoms with Crippen molar-refractivity contribution < 1.29 is 15.3 Å². The van der Waals surface area contributed by atoms with Crippen molar-refractivity contribution in [2.45, 2.75) is 6.10 Å². The molecule has 0 rings (SSSR count). The van der Waals surface area contributed by atoms with Crippen molar-refractivity contribution in [3.05, 3.63) is 0 Å². The standard InChI is InChI=1S/C2H5NO3/c1-3-2(4,5)6/h4-6H,1H2. The fourth-order valence-corrected chi connectivity index (χ4v) is 0. The van der Waals surface area contributed by atoms with Crippen molar-refractivity contribution in [3.8, 4) is 0 Å². The van der Waals surface area contributed by atoms with Crippen molar-refractivity contribution in [2.75, 3.05) is 0 Å². The van der Waals surface area contributed by atoms with Crippen LogP contribution in [0.15, 0.2) is 4.99 Å². The second-order valence-electron chi connectivity index (χ2n) is 0.758. The number of aliphatic imine (C=N–C) groups is 1. The quantitative estimate of drug-likeness (QED) is 0.265. The molecule has 0 atom stereocenters. The van der Waals surface area contributed by atoms with Crippen LogP contribution in [0.1, 0.15) is 0 Å². The predicted molar refractivity (Wildman–Crippen MR) is 18.9 cm³/mol. The van der Waals surface area contributed by atoms with E-state index in [1.165, 1.54) is 0 Å². The number of aliphatic hydroxyl groups is 3. The Hall–Kier alpha value is -0.450. The van der Waals surface area contributed by atoms with Gasteiger partial charge in [0.1, 0.15) is 0 Å². The number of hydrogen-bond acceptors (Lipinski definition) is 4. The van der Waals surface area contributed by atoms with Crippen molar-refractivity contribution in [1.29, 1.82) is 0 Å². The van der Waals surface area contributed by atoms with Gasteiger partial charge < -0.3 is 15.3 Å². The first-order valence-electron chi connectivity index (χ1n) is 1.21. The van der Waals surface area contributed by atoms with Gasteiger partial charge in [-0.05, 0) is 6.72 Å². The Morgan fingerprint density at radius 1 is 1.33 bits per heavy atom. The average molecular weight is 91.1 g/mol. The lowest BCUT2D eigenvalue weighted by molar-refractivity contribution is -0.303. The third-order valence-corrected chi connectivity index (χ3v) is 0.212. The molecule has 0 saturated carbocycles. The van der Waals surface area contributed by atoms with Crippen molar-refractivity contribution >= 4 is 6.72 Å². The summed E-state index contributed by atoms with van der Waals surface area (Å²) in [5.41, 5.74) is 0. The Labute approximate surface area is 34.4 Å². The van der Waals surface area contributed by atoms with Gasteiger partial charge in [-0.15, -0.1) is 0 Å². The normalized spacial score (nSPS) is 11.2.